The maximum atomic E-state index is 4.56. The lowest BCUT2D eigenvalue weighted by atomic mass is 10.3. The van der Waals surface area contributed by atoms with E-state index in [-0.39, 0.29) is 0 Å². The topological polar surface area (TPSA) is 42.7 Å². The third-order valence-corrected chi connectivity index (χ3v) is 3.51. The third-order valence-electron chi connectivity index (χ3n) is 2.47. The molecule has 0 fully saturated rings. The molecule has 17 heavy (non-hydrogen) atoms. The van der Waals surface area contributed by atoms with Crippen LogP contribution in [0.15, 0.2) is 36.5 Å². The van der Waals surface area contributed by atoms with E-state index in [1.165, 1.54) is 4.70 Å². The van der Waals surface area contributed by atoms with Gasteiger partial charge >= 0.3 is 0 Å². The number of fused-ring (bicyclic) bond motifs is 1. The number of benzene rings is 1. The van der Waals surface area contributed by atoms with E-state index in [2.05, 4.69) is 21.5 Å². The first kappa shape index (κ1) is 10.3. The van der Waals surface area contributed by atoms with Gasteiger partial charge in [-0.15, -0.1) is 11.3 Å². The van der Waals surface area contributed by atoms with Crippen molar-refractivity contribution >= 4 is 27.4 Å². The maximum Gasteiger partial charge on any atom is 0.148 e. The molecule has 0 radical (unpaired) electrons. The molecule has 0 atom stereocenters. The molecule has 0 saturated heterocycles. The van der Waals surface area contributed by atoms with E-state index in [1.54, 1.807) is 16.0 Å². The molecule has 86 valence electrons. The second-order valence-corrected chi connectivity index (χ2v) is 4.92. The van der Waals surface area contributed by atoms with Crippen molar-refractivity contribution in [1.29, 1.82) is 0 Å². The van der Waals surface area contributed by atoms with Crippen LogP contribution >= 0.6 is 11.3 Å². The Morgan fingerprint density at radius 3 is 2.94 bits per heavy atom. The number of aromatic nitrogens is 3. The Morgan fingerprint density at radius 2 is 2.18 bits per heavy atom. The molecule has 0 saturated carbocycles. The highest BCUT2D eigenvalue weighted by atomic mass is 32.1. The fraction of sp³-hybridized carbons (Fsp3) is 0.167. The summed E-state index contributed by atoms with van der Waals surface area (Å²) in [7, 11) is 1.91. The molecule has 2 aromatic heterocycles. The molecule has 0 aliphatic rings. The predicted molar refractivity (Wildman–Crippen MR) is 70.2 cm³/mol. The Morgan fingerprint density at radius 1 is 1.29 bits per heavy atom. The van der Waals surface area contributed by atoms with Gasteiger partial charge in [-0.2, -0.15) is 5.10 Å². The Hall–Kier alpha value is -1.88. The average Bonchev–Trinajstić information content (AvgIpc) is 2.91. The van der Waals surface area contributed by atoms with Gasteiger partial charge in [-0.05, 0) is 12.1 Å². The van der Waals surface area contributed by atoms with Crippen LogP contribution in [-0.4, -0.2) is 14.8 Å². The zero-order valence-corrected chi connectivity index (χ0v) is 10.2. The molecular formula is C12H12N4S. The highest BCUT2D eigenvalue weighted by Gasteiger charge is 2.03. The monoisotopic (exact) mass is 244 g/mol. The molecule has 2 heterocycles. The fourth-order valence-electron chi connectivity index (χ4n) is 1.67. The summed E-state index contributed by atoms with van der Waals surface area (Å²) in [6.45, 7) is 0.719. The predicted octanol–water partition coefficient (Wildman–Crippen LogP) is 2.64. The van der Waals surface area contributed by atoms with Crippen molar-refractivity contribution < 1.29 is 0 Å². The second kappa shape index (κ2) is 4.18. The number of rotatable bonds is 3. The first-order chi connectivity index (χ1) is 8.31. The number of aryl methyl sites for hydroxylation is 1. The highest BCUT2D eigenvalue weighted by molar-refractivity contribution is 7.18. The van der Waals surface area contributed by atoms with E-state index in [0.717, 1.165) is 22.9 Å². The van der Waals surface area contributed by atoms with E-state index in [4.69, 9.17) is 0 Å². The minimum atomic E-state index is 0.719. The van der Waals surface area contributed by atoms with E-state index >= 15 is 0 Å². The first-order valence-electron chi connectivity index (χ1n) is 5.39. The summed E-state index contributed by atoms with van der Waals surface area (Å²) in [4.78, 5) is 4.56. The molecule has 0 aliphatic carbocycles. The number of anilines is 1. The van der Waals surface area contributed by atoms with Gasteiger partial charge in [-0.25, -0.2) is 4.98 Å². The maximum absolute atomic E-state index is 4.56. The van der Waals surface area contributed by atoms with Gasteiger partial charge in [0.2, 0.25) is 0 Å². The zero-order valence-electron chi connectivity index (χ0n) is 9.42. The Balaban J connectivity index is 1.76. The van der Waals surface area contributed by atoms with E-state index in [1.807, 2.05) is 37.5 Å². The number of hydrogen-bond donors (Lipinski definition) is 1. The van der Waals surface area contributed by atoms with E-state index in [9.17, 15) is 0 Å². The van der Waals surface area contributed by atoms with Crippen LogP contribution in [0.4, 0.5) is 5.82 Å². The lowest BCUT2D eigenvalue weighted by Gasteiger charge is -1.97. The van der Waals surface area contributed by atoms with Crippen molar-refractivity contribution in [2.45, 2.75) is 6.54 Å². The summed E-state index contributed by atoms with van der Waals surface area (Å²) in [6.07, 6.45) is 1.92. The Labute approximate surface area is 103 Å². The average molecular weight is 244 g/mol. The normalized spacial score (nSPS) is 10.9. The molecule has 5 heteroatoms. The molecule has 0 bridgehead atoms. The van der Waals surface area contributed by atoms with Crippen molar-refractivity contribution in [1.82, 2.24) is 14.8 Å². The van der Waals surface area contributed by atoms with Gasteiger partial charge in [-0.1, -0.05) is 12.1 Å². The largest absolute Gasteiger partial charge is 0.362 e. The van der Waals surface area contributed by atoms with Crippen LogP contribution in [0.5, 0.6) is 0 Å². The number of nitrogens with zero attached hydrogens (tertiary/aromatic N) is 3. The number of hydrogen-bond acceptors (Lipinski definition) is 4. The van der Waals surface area contributed by atoms with E-state index in [0.29, 0.717) is 0 Å². The van der Waals surface area contributed by atoms with Gasteiger partial charge in [0.25, 0.3) is 0 Å². The molecule has 0 unspecified atom stereocenters. The molecule has 1 aromatic carbocycles. The molecular weight excluding hydrogens is 232 g/mol. The Kier molecular flexibility index (Phi) is 2.53. The van der Waals surface area contributed by atoms with Crippen LogP contribution in [0.1, 0.15) is 5.01 Å². The Bertz CT molecular complexity index is 608. The summed E-state index contributed by atoms with van der Waals surface area (Å²) in [6, 6.07) is 10.1. The van der Waals surface area contributed by atoms with Crippen molar-refractivity contribution in [3.05, 3.63) is 41.5 Å². The van der Waals surface area contributed by atoms with Gasteiger partial charge in [0.15, 0.2) is 0 Å². The summed E-state index contributed by atoms with van der Waals surface area (Å²) in [5, 5.41) is 8.60. The number of nitrogens with one attached hydrogen (secondary N) is 1. The molecule has 0 spiro atoms. The molecule has 3 aromatic rings. The van der Waals surface area contributed by atoms with Crippen LogP contribution in [0.3, 0.4) is 0 Å². The minimum Gasteiger partial charge on any atom is -0.362 e. The molecule has 0 aliphatic heterocycles. The van der Waals surface area contributed by atoms with Crippen LogP contribution < -0.4 is 5.32 Å². The number of thiazole rings is 1. The van der Waals surface area contributed by atoms with Gasteiger partial charge < -0.3 is 5.32 Å². The lowest BCUT2D eigenvalue weighted by molar-refractivity contribution is 0.768. The van der Waals surface area contributed by atoms with Crippen molar-refractivity contribution in [2.75, 3.05) is 5.32 Å². The molecule has 1 N–H and O–H groups in total. The lowest BCUT2D eigenvalue weighted by Crippen LogP contribution is -2.00. The van der Waals surface area contributed by atoms with Crippen molar-refractivity contribution in [3.63, 3.8) is 0 Å². The van der Waals surface area contributed by atoms with E-state index < -0.39 is 0 Å². The van der Waals surface area contributed by atoms with Crippen molar-refractivity contribution in [3.8, 4) is 0 Å². The van der Waals surface area contributed by atoms with Crippen LogP contribution in [0.2, 0.25) is 0 Å². The van der Waals surface area contributed by atoms with Crippen LogP contribution in [-0.2, 0) is 13.6 Å². The van der Waals surface area contributed by atoms with Gasteiger partial charge in [0.05, 0.1) is 16.8 Å². The summed E-state index contributed by atoms with van der Waals surface area (Å²) >= 11 is 1.72. The van der Waals surface area contributed by atoms with Gasteiger partial charge in [0.1, 0.15) is 10.8 Å². The fourth-order valence-corrected chi connectivity index (χ4v) is 2.58. The first-order valence-corrected chi connectivity index (χ1v) is 6.21. The SMILES string of the molecule is Cn1ccc(NCc2nc3ccccc3s2)n1. The summed E-state index contributed by atoms with van der Waals surface area (Å²) < 4.78 is 3.01. The molecule has 3 rings (SSSR count). The molecule has 0 amide bonds. The smallest absolute Gasteiger partial charge is 0.148 e. The minimum absolute atomic E-state index is 0.719. The highest BCUT2D eigenvalue weighted by Crippen LogP contribution is 2.21. The van der Waals surface area contributed by atoms with Gasteiger partial charge in [0, 0.05) is 19.3 Å². The van der Waals surface area contributed by atoms with Crippen LogP contribution in [0.25, 0.3) is 10.2 Å². The second-order valence-electron chi connectivity index (χ2n) is 3.80. The van der Waals surface area contributed by atoms with Crippen LogP contribution in [0, 0.1) is 0 Å². The van der Waals surface area contributed by atoms with Crippen molar-refractivity contribution in [2.24, 2.45) is 7.05 Å². The van der Waals surface area contributed by atoms with Gasteiger partial charge in [-0.3, -0.25) is 4.68 Å². The summed E-state index contributed by atoms with van der Waals surface area (Å²) in [5.74, 6) is 0.881. The number of para-hydroxylation sites is 1. The molecule has 4 nitrogen and oxygen atoms in total. The quantitative estimate of drug-likeness (QED) is 0.770. The third kappa shape index (κ3) is 2.14. The summed E-state index contributed by atoms with van der Waals surface area (Å²) in [5.41, 5.74) is 1.07. The standard InChI is InChI=1S/C12H12N4S/c1-16-7-6-11(15-16)13-8-12-14-9-4-2-3-5-10(9)17-12/h2-7H,8H2,1H3,(H,13,15). The zero-order chi connectivity index (χ0) is 11.7.